The molecule has 98 valence electrons. The van der Waals surface area contributed by atoms with E-state index in [1.54, 1.807) is 0 Å². The van der Waals surface area contributed by atoms with E-state index >= 15 is 0 Å². The number of amidine groups is 1. The second-order valence-corrected chi connectivity index (χ2v) is 3.83. The Kier molecular flexibility index (Phi) is 6.12. The zero-order valence-electron chi connectivity index (χ0n) is 10.2. The number of carbonyl (C=O) groups excluding carboxylic acids is 2. The molecule has 4 N–H and O–H groups in total. The Morgan fingerprint density at radius 2 is 1.65 bits per heavy atom. The lowest BCUT2D eigenvalue weighted by Crippen LogP contribution is -2.72. The van der Waals surface area contributed by atoms with Crippen molar-refractivity contribution < 1.29 is 15.0 Å². The molecule has 1 aliphatic rings. The van der Waals surface area contributed by atoms with Gasteiger partial charge in [-0.15, -0.1) is 12.4 Å². The predicted molar refractivity (Wildman–Crippen MR) is 66.6 cm³/mol. The topological polar surface area (TPSA) is 92.2 Å². The number of hydrogen-bond donors (Lipinski definition) is 2. The highest BCUT2D eigenvalue weighted by Crippen LogP contribution is 2.11. The zero-order valence-corrected chi connectivity index (χ0v) is 11.0. The van der Waals surface area contributed by atoms with Gasteiger partial charge in [0.15, 0.2) is 6.04 Å². The fourth-order valence-electron chi connectivity index (χ4n) is 1.69. The highest BCUT2D eigenvalue weighted by molar-refractivity contribution is 6.18. The van der Waals surface area contributed by atoms with Crippen molar-refractivity contribution in [3.8, 4) is 0 Å². The van der Waals surface area contributed by atoms with Crippen LogP contribution in [-0.4, -0.2) is 46.7 Å². The van der Waals surface area contributed by atoms with Crippen LogP contribution in [0.3, 0.4) is 0 Å². The van der Waals surface area contributed by atoms with Gasteiger partial charge in [0.1, 0.15) is 0 Å². The molecule has 1 heterocycles. The van der Waals surface area contributed by atoms with Crippen LogP contribution in [0.15, 0.2) is 0 Å². The number of halogens is 1. The molecule has 0 aromatic heterocycles. The molecule has 0 spiro atoms. The van der Waals surface area contributed by atoms with Crippen molar-refractivity contribution in [3.05, 3.63) is 0 Å². The van der Waals surface area contributed by atoms with Crippen LogP contribution in [0.1, 0.15) is 26.7 Å². The van der Waals surface area contributed by atoms with E-state index in [-0.39, 0.29) is 24.3 Å². The minimum absolute atomic E-state index is 0. The van der Waals surface area contributed by atoms with Gasteiger partial charge >= 0.3 is 6.03 Å². The number of rotatable bonds is 4. The molecule has 1 aliphatic heterocycles. The van der Waals surface area contributed by atoms with Crippen LogP contribution in [0.5, 0.6) is 0 Å². The summed E-state index contributed by atoms with van der Waals surface area (Å²) in [5, 5.41) is 5.70. The first-order valence-electron chi connectivity index (χ1n) is 5.55. The van der Waals surface area contributed by atoms with Crippen LogP contribution in [0.25, 0.3) is 0 Å². The summed E-state index contributed by atoms with van der Waals surface area (Å²) in [6.45, 7) is 4.72. The lowest BCUT2D eigenvalue weighted by molar-refractivity contribution is -0.144. The number of carbonyl (C=O) groups is 2. The molecule has 0 aliphatic carbocycles. The summed E-state index contributed by atoms with van der Waals surface area (Å²) in [5.74, 6) is -0.249. The fourth-order valence-corrected chi connectivity index (χ4v) is 1.69. The standard InChI is InChI=1S/C10H18N4O2.ClH/c1-3-5-13-8(12)7(11)9(15)14(6-4-2)10(13)16;/h7,12H,3-6,11H2,1-2H3;1H/p+1. The summed E-state index contributed by atoms with van der Waals surface area (Å²) in [6.07, 6.45) is 1.48. The second kappa shape index (κ2) is 6.56. The molecule has 0 saturated carbocycles. The molecule has 0 aromatic carbocycles. The van der Waals surface area contributed by atoms with Crippen molar-refractivity contribution in [3.63, 3.8) is 0 Å². The van der Waals surface area contributed by atoms with Crippen LogP contribution in [0.4, 0.5) is 4.79 Å². The summed E-state index contributed by atoms with van der Waals surface area (Å²) >= 11 is 0. The molecule has 1 fully saturated rings. The first-order chi connectivity index (χ1) is 7.54. The number of nitrogens with two attached hydrogens (primary N) is 2. The zero-order chi connectivity index (χ0) is 12.3. The maximum Gasteiger partial charge on any atom is 0.417 e. The Balaban J connectivity index is 0.00000256. The van der Waals surface area contributed by atoms with E-state index in [4.69, 9.17) is 11.1 Å². The maximum atomic E-state index is 11.9. The highest BCUT2D eigenvalue weighted by Gasteiger charge is 2.46. The molecule has 1 unspecified atom stereocenters. The number of imide groups is 1. The average Bonchev–Trinajstić information content (AvgIpc) is 2.28. The second-order valence-electron chi connectivity index (χ2n) is 3.83. The van der Waals surface area contributed by atoms with Crippen LogP contribution in [0.2, 0.25) is 0 Å². The first kappa shape index (κ1) is 15.9. The molecule has 1 saturated heterocycles. The van der Waals surface area contributed by atoms with E-state index in [2.05, 4.69) is 0 Å². The van der Waals surface area contributed by atoms with Gasteiger partial charge in [-0.05, 0) is 12.8 Å². The van der Waals surface area contributed by atoms with E-state index in [1.165, 1.54) is 9.80 Å². The SMILES string of the molecule is CCCN1C(=[NH2+])C(N)C(=O)N(CCC)C1=O.Cl. The fraction of sp³-hybridized carbons (Fsp3) is 0.700. The van der Waals surface area contributed by atoms with Crippen molar-refractivity contribution in [2.24, 2.45) is 5.73 Å². The summed E-state index contributed by atoms with van der Waals surface area (Å²) in [4.78, 5) is 26.3. The third-order valence-corrected chi connectivity index (χ3v) is 2.52. The summed E-state index contributed by atoms with van der Waals surface area (Å²) < 4.78 is 0. The van der Waals surface area contributed by atoms with Crippen LogP contribution >= 0.6 is 12.4 Å². The molecule has 6 nitrogen and oxygen atoms in total. The molecule has 0 bridgehead atoms. The van der Waals surface area contributed by atoms with Crippen LogP contribution < -0.4 is 11.1 Å². The van der Waals surface area contributed by atoms with Gasteiger partial charge < -0.3 is 5.73 Å². The van der Waals surface area contributed by atoms with Gasteiger partial charge in [0.25, 0.3) is 11.7 Å². The molecule has 1 atom stereocenters. The van der Waals surface area contributed by atoms with Gasteiger partial charge in [0, 0.05) is 6.54 Å². The lowest BCUT2D eigenvalue weighted by atomic mass is 10.1. The molecular formula is C10H20ClN4O2+. The molecule has 7 heteroatoms. The molecule has 1 rings (SSSR count). The van der Waals surface area contributed by atoms with Gasteiger partial charge in [-0.3, -0.25) is 10.2 Å². The van der Waals surface area contributed by atoms with Gasteiger partial charge in [-0.25, -0.2) is 9.69 Å². The Labute approximate surface area is 107 Å². The maximum absolute atomic E-state index is 11.9. The van der Waals surface area contributed by atoms with Crippen molar-refractivity contribution in [1.82, 2.24) is 9.80 Å². The quantitative estimate of drug-likeness (QED) is 0.680. The number of hydrogen-bond acceptors (Lipinski definition) is 3. The van der Waals surface area contributed by atoms with E-state index in [0.717, 1.165) is 6.42 Å². The van der Waals surface area contributed by atoms with Crippen LogP contribution in [0, 0.1) is 0 Å². The Bertz CT molecular complexity index is 293. The third-order valence-electron chi connectivity index (χ3n) is 2.52. The van der Waals surface area contributed by atoms with Crippen LogP contribution in [-0.2, 0) is 4.79 Å². The van der Waals surface area contributed by atoms with Crippen molar-refractivity contribution in [2.45, 2.75) is 32.7 Å². The first-order valence-corrected chi connectivity index (χ1v) is 5.55. The Morgan fingerprint density at radius 1 is 1.18 bits per heavy atom. The molecule has 0 radical (unpaired) electrons. The van der Waals surface area contributed by atoms with E-state index in [9.17, 15) is 9.59 Å². The van der Waals surface area contributed by atoms with E-state index in [0.29, 0.717) is 19.5 Å². The van der Waals surface area contributed by atoms with Gasteiger partial charge in [-0.1, -0.05) is 13.8 Å². The Morgan fingerprint density at radius 3 is 2.12 bits per heavy atom. The molecular weight excluding hydrogens is 244 g/mol. The monoisotopic (exact) mass is 263 g/mol. The van der Waals surface area contributed by atoms with Gasteiger partial charge in [0.2, 0.25) is 0 Å². The third kappa shape index (κ3) is 2.95. The largest absolute Gasteiger partial charge is 0.417 e. The normalized spacial score (nSPS) is 20.6. The summed E-state index contributed by atoms with van der Waals surface area (Å²) in [5.41, 5.74) is 5.68. The Hall–Kier alpha value is -1.14. The summed E-state index contributed by atoms with van der Waals surface area (Å²) in [7, 11) is 0. The molecule has 3 amide bonds. The van der Waals surface area contributed by atoms with Gasteiger partial charge in [0.05, 0.1) is 6.54 Å². The minimum Gasteiger partial charge on any atom is -0.310 e. The highest BCUT2D eigenvalue weighted by atomic mass is 35.5. The number of nitrogens with zero attached hydrogens (tertiary/aromatic N) is 2. The number of amides is 3. The predicted octanol–water partition coefficient (Wildman–Crippen LogP) is -1.02. The van der Waals surface area contributed by atoms with Crippen molar-refractivity contribution in [2.75, 3.05) is 13.1 Å². The lowest BCUT2D eigenvalue weighted by Gasteiger charge is -2.31. The average molecular weight is 264 g/mol. The summed E-state index contributed by atoms with van der Waals surface area (Å²) in [6, 6.07) is -1.25. The van der Waals surface area contributed by atoms with E-state index in [1.807, 2.05) is 13.8 Å². The van der Waals surface area contributed by atoms with Crippen molar-refractivity contribution in [1.29, 1.82) is 0 Å². The van der Waals surface area contributed by atoms with Gasteiger partial charge in [-0.2, -0.15) is 4.90 Å². The van der Waals surface area contributed by atoms with E-state index < -0.39 is 11.9 Å². The number of urea groups is 1. The minimum atomic E-state index is -0.893. The van der Waals surface area contributed by atoms with Crippen molar-refractivity contribution >= 4 is 30.2 Å². The molecule has 0 aromatic rings. The molecule has 17 heavy (non-hydrogen) atoms. The smallest absolute Gasteiger partial charge is 0.310 e.